The third-order valence-electron chi connectivity index (χ3n) is 4.96. The lowest BCUT2D eigenvalue weighted by Gasteiger charge is -2.20. The van der Waals surface area contributed by atoms with Gasteiger partial charge < -0.3 is 9.73 Å². The number of aromatic nitrogens is 1. The maximum absolute atomic E-state index is 13.4. The van der Waals surface area contributed by atoms with Crippen molar-refractivity contribution in [1.82, 2.24) is 10.3 Å². The lowest BCUT2D eigenvalue weighted by molar-refractivity contribution is -0.136. The van der Waals surface area contributed by atoms with Crippen molar-refractivity contribution in [2.24, 2.45) is 5.41 Å². The first kappa shape index (κ1) is 18.7. The van der Waals surface area contributed by atoms with Gasteiger partial charge >= 0.3 is 6.18 Å². The van der Waals surface area contributed by atoms with Gasteiger partial charge in [-0.2, -0.15) is 18.4 Å². The maximum atomic E-state index is 13.4. The molecule has 4 nitrogen and oxygen atoms in total. The van der Waals surface area contributed by atoms with Gasteiger partial charge in [-0.25, -0.2) is 4.98 Å². The molecule has 2 aromatic rings. The van der Waals surface area contributed by atoms with E-state index >= 15 is 0 Å². The maximum Gasteiger partial charge on any atom is 0.420 e. The first-order valence-corrected chi connectivity index (χ1v) is 8.87. The van der Waals surface area contributed by atoms with Crippen LogP contribution in [0.2, 0.25) is 0 Å². The van der Waals surface area contributed by atoms with Gasteiger partial charge in [0.25, 0.3) is 0 Å². The minimum absolute atomic E-state index is 0.0945. The summed E-state index contributed by atoms with van der Waals surface area (Å²) >= 11 is 0. The number of hydrogen-bond acceptors (Lipinski definition) is 4. The van der Waals surface area contributed by atoms with Crippen LogP contribution >= 0.6 is 0 Å². The Morgan fingerprint density at radius 3 is 2.58 bits per heavy atom. The van der Waals surface area contributed by atoms with Crippen molar-refractivity contribution in [3.63, 3.8) is 0 Å². The van der Waals surface area contributed by atoms with Crippen molar-refractivity contribution in [3.8, 4) is 6.07 Å². The molecule has 140 valence electrons. The molecular weight excluding hydrogens is 343 g/mol. The molecule has 26 heavy (non-hydrogen) atoms. The van der Waals surface area contributed by atoms with Crippen LogP contribution in [0.3, 0.4) is 0 Å². The number of nitriles is 1. The highest BCUT2D eigenvalue weighted by molar-refractivity contribution is 5.78. The number of fused-ring (bicyclic) bond motifs is 1. The van der Waals surface area contributed by atoms with E-state index in [9.17, 15) is 18.4 Å². The molecule has 1 saturated carbocycles. The number of hydrogen-bond donors (Lipinski definition) is 1. The average Bonchev–Trinajstić information content (AvgIpc) is 3.20. The molecule has 3 rings (SSSR count). The molecule has 1 heterocycles. The minimum Gasteiger partial charge on any atom is -0.440 e. The van der Waals surface area contributed by atoms with E-state index in [1.165, 1.54) is 0 Å². The molecule has 0 unspecified atom stereocenters. The summed E-state index contributed by atoms with van der Waals surface area (Å²) in [6.07, 6.45) is -0.789. The third kappa shape index (κ3) is 3.70. The zero-order valence-electron chi connectivity index (χ0n) is 14.9. The number of alkyl halides is 3. The van der Waals surface area contributed by atoms with Crippen molar-refractivity contribution < 1.29 is 17.6 Å². The summed E-state index contributed by atoms with van der Waals surface area (Å²) in [4.78, 5) is 4.22. The predicted molar refractivity (Wildman–Crippen MR) is 91.3 cm³/mol. The zero-order valence-corrected chi connectivity index (χ0v) is 14.9. The summed E-state index contributed by atoms with van der Waals surface area (Å²) in [6, 6.07) is 5.11. The Hall–Kier alpha value is -2.07. The molecule has 7 heteroatoms. The molecule has 1 aliphatic rings. The first-order chi connectivity index (χ1) is 12.2. The van der Waals surface area contributed by atoms with Gasteiger partial charge in [0.1, 0.15) is 11.1 Å². The largest absolute Gasteiger partial charge is 0.440 e. The van der Waals surface area contributed by atoms with Crippen LogP contribution in [0.5, 0.6) is 0 Å². The van der Waals surface area contributed by atoms with E-state index in [-0.39, 0.29) is 23.6 Å². The number of benzene rings is 1. The molecule has 0 amide bonds. The fourth-order valence-electron chi connectivity index (χ4n) is 3.49. The van der Waals surface area contributed by atoms with E-state index < -0.39 is 17.2 Å². The Labute approximate surface area is 150 Å². The summed E-state index contributed by atoms with van der Waals surface area (Å²) in [5.41, 5.74) is -0.706. The Balaban J connectivity index is 1.85. The van der Waals surface area contributed by atoms with E-state index in [4.69, 9.17) is 4.42 Å². The Morgan fingerprint density at radius 1 is 1.31 bits per heavy atom. The van der Waals surface area contributed by atoms with Gasteiger partial charge in [0.15, 0.2) is 11.5 Å². The van der Waals surface area contributed by atoms with Crippen molar-refractivity contribution in [2.45, 2.75) is 58.2 Å². The number of nitrogens with one attached hydrogen (secondary N) is 1. The normalized spacial score (nSPS) is 17.1. The second-order valence-corrected chi connectivity index (χ2v) is 7.40. The van der Waals surface area contributed by atoms with Crippen LogP contribution in [0.4, 0.5) is 13.2 Å². The monoisotopic (exact) mass is 365 g/mol. The smallest absolute Gasteiger partial charge is 0.420 e. The summed E-state index contributed by atoms with van der Waals surface area (Å²) < 4.78 is 45.7. The van der Waals surface area contributed by atoms with Gasteiger partial charge in [0.05, 0.1) is 11.5 Å². The highest BCUT2D eigenvalue weighted by atomic mass is 19.4. The van der Waals surface area contributed by atoms with Gasteiger partial charge in [-0.1, -0.05) is 26.7 Å². The van der Waals surface area contributed by atoms with Crippen LogP contribution in [0.25, 0.3) is 11.1 Å². The summed E-state index contributed by atoms with van der Waals surface area (Å²) in [7, 11) is 0. The Morgan fingerprint density at radius 2 is 2.00 bits per heavy atom. The highest BCUT2D eigenvalue weighted by Gasteiger charge is 2.36. The lowest BCUT2D eigenvalue weighted by atomic mass is 9.88. The molecule has 1 aromatic heterocycles. The van der Waals surface area contributed by atoms with E-state index in [1.807, 2.05) is 13.8 Å². The first-order valence-electron chi connectivity index (χ1n) is 8.87. The molecule has 1 aromatic carbocycles. The van der Waals surface area contributed by atoms with Gasteiger partial charge in [0.2, 0.25) is 0 Å². The Kier molecular flexibility index (Phi) is 4.98. The minimum atomic E-state index is -4.51. The van der Waals surface area contributed by atoms with Crippen LogP contribution in [-0.4, -0.2) is 11.5 Å². The summed E-state index contributed by atoms with van der Waals surface area (Å²) in [5, 5.41) is 12.6. The average molecular weight is 365 g/mol. The summed E-state index contributed by atoms with van der Waals surface area (Å²) in [5.74, 6) is 0.202. The molecule has 0 saturated heterocycles. The standard InChI is InChI=1S/C19H22F3N3O/c1-12(2)17-25-15-8-13(7-14(16(15)26-17)19(20,21)22)9-24-11-18(10-23)5-3-4-6-18/h7-8,12,24H,3-6,9,11H2,1-2H3. The van der Waals surface area contributed by atoms with E-state index in [0.717, 1.165) is 31.7 Å². The van der Waals surface area contributed by atoms with Crippen LogP contribution in [0, 0.1) is 16.7 Å². The van der Waals surface area contributed by atoms with Crippen LogP contribution in [-0.2, 0) is 12.7 Å². The van der Waals surface area contributed by atoms with Crippen molar-refractivity contribution in [2.75, 3.05) is 6.54 Å². The topological polar surface area (TPSA) is 61.9 Å². The van der Waals surface area contributed by atoms with Crippen molar-refractivity contribution in [3.05, 3.63) is 29.2 Å². The molecule has 0 aliphatic heterocycles. The molecule has 0 spiro atoms. The molecule has 0 atom stereocenters. The Bertz CT molecular complexity index is 827. The molecule has 1 fully saturated rings. The van der Waals surface area contributed by atoms with E-state index in [2.05, 4.69) is 16.4 Å². The lowest BCUT2D eigenvalue weighted by Crippen LogP contribution is -2.30. The molecule has 0 bridgehead atoms. The SMILES string of the molecule is CC(C)c1nc2cc(CNCC3(C#N)CCCC3)cc(C(F)(F)F)c2o1. The molecule has 1 N–H and O–H groups in total. The van der Waals surface area contributed by atoms with Crippen LogP contribution in [0.15, 0.2) is 16.5 Å². The fourth-order valence-corrected chi connectivity index (χ4v) is 3.49. The zero-order chi connectivity index (χ0) is 18.9. The van der Waals surface area contributed by atoms with Crippen LogP contribution < -0.4 is 5.32 Å². The quantitative estimate of drug-likeness (QED) is 0.796. The van der Waals surface area contributed by atoms with Crippen molar-refractivity contribution >= 4 is 11.1 Å². The number of halogens is 3. The molecule has 1 aliphatic carbocycles. The second kappa shape index (κ2) is 6.92. The molecule has 0 radical (unpaired) electrons. The van der Waals surface area contributed by atoms with Crippen molar-refractivity contribution in [1.29, 1.82) is 5.26 Å². The number of nitrogens with zero attached hydrogens (tertiary/aromatic N) is 2. The van der Waals surface area contributed by atoms with Gasteiger partial charge in [-0.05, 0) is 30.5 Å². The van der Waals surface area contributed by atoms with Gasteiger partial charge in [-0.3, -0.25) is 0 Å². The van der Waals surface area contributed by atoms with Gasteiger partial charge in [-0.15, -0.1) is 0 Å². The number of oxazole rings is 1. The van der Waals surface area contributed by atoms with E-state index in [0.29, 0.717) is 18.0 Å². The molecular formula is C19H22F3N3O. The third-order valence-corrected chi connectivity index (χ3v) is 4.96. The van der Waals surface area contributed by atoms with Crippen LogP contribution in [0.1, 0.15) is 62.5 Å². The summed E-state index contributed by atoms with van der Waals surface area (Å²) in [6.45, 7) is 4.39. The fraction of sp³-hybridized carbons (Fsp3) is 0.579. The van der Waals surface area contributed by atoms with E-state index in [1.54, 1.807) is 6.07 Å². The van der Waals surface area contributed by atoms with Gasteiger partial charge in [0, 0.05) is 19.0 Å². The number of rotatable bonds is 5. The second-order valence-electron chi connectivity index (χ2n) is 7.40. The highest BCUT2D eigenvalue weighted by Crippen LogP contribution is 2.38. The predicted octanol–water partition coefficient (Wildman–Crippen LogP) is 5.14.